The molecule has 118 valence electrons. The first-order valence-corrected chi connectivity index (χ1v) is 8.70. The zero-order valence-electron chi connectivity index (χ0n) is 12.8. The predicted octanol–water partition coefficient (Wildman–Crippen LogP) is 3.45. The van der Waals surface area contributed by atoms with Crippen molar-refractivity contribution >= 4 is 15.9 Å². The molecule has 4 nitrogen and oxygen atoms in total. The van der Waals surface area contributed by atoms with E-state index in [4.69, 9.17) is 0 Å². The lowest BCUT2D eigenvalue weighted by Crippen LogP contribution is -2.44. The normalized spacial score (nSPS) is 28.1. The van der Waals surface area contributed by atoms with Crippen LogP contribution in [0.4, 0.5) is 0 Å². The summed E-state index contributed by atoms with van der Waals surface area (Å²) in [5.74, 6) is 0.597. The number of aromatic nitrogens is 3. The molecule has 1 aromatic carbocycles. The van der Waals surface area contributed by atoms with E-state index in [1.165, 1.54) is 11.9 Å². The van der Waals surface area contributed by atoms with E-state index in [0.29, 0.717) is 12.5 Å². The van der Waals surface area contributed by atoms with Gasteiger partial charge in [-0.05, 0) is 48.8 Å². The highest BCUT2D eigenvalue weighted by molar-refractivity contribution is 9.10. The summed E-state index contributed by atoms with van der Waals surface area (Å²) in [6, 6.07) is 8.41. The molecule has 1 aliphatic rings. The average Bonchev–Trinajstić information content (AvgIpc) is 3.11. The van der Waals surface area contributed by atoms with Crippen LogP contribution < -0.4 is 0 Å². The number of benzene rings is 1. The van der Waals surface area contributed by atoms with Crippen molar-refractivity contribution in [1.82, 2.24) is 14.8 Å². The fourth-order valence-electron chi connectivity index (χ4n) is 3.81. The maximum absolute atomic E-state index is 11.4. The molecule has 1 aromatic heterocycles. The van der Waals surface area contributed by atoms with Crippen LogP contribution in [0.15, 0.2) is 41.4 Å². The summed E-state index contributed by atoms with van der Waals surface area (Å²) in [5, 5.41) is 15.6. The number of nitrogens with zero attached hydrogens (tertiary/aromatic N) is 3. The summed E-state index contributed by atoms with van der Waals surface area (Å²) in [5.41, 5.74) is 0.581. The van der Waals surface area contributed by atoms with Crippen molar-refractivity contribution in [2.75, 3.05) is 0 Å². The average molecular weight is 364 g/mol. The molecular weight excluding hydrogens is 342 g/mol. The summed E-state index contributed by atoms with van der Waals surface area (Å²) < 4.78 is 2.86. The van der Waals surface area contributed by atoms with E-state index in [1.54, 1.807) is 11.0 Å². The van der Waals surface area contributed by atoms with Gasteiger partial charge in [-0.25, -0.2) is 4.98 Å². The Labute approximate surface area is 139 Å². The Morgan fingerprint density at radius 3 is 2.64 bits per heavy atom. The topological polar surface area (TPSA) is 50.9 Å². The van der Waals surface area contributed by atoms with E-state index in [2.05, 4.69) is 57.2 Å². The summed E-state index contributed by atoms with van der Waals surface area (Å²) in [4.78, 5) is 4.00. The van der Waals surface area contributed by atoms with Crippen molar-refractivity contribution in [3.8, 4) is 0 Å². The standard InChI is InChI=1S/C17H22BrN3O/c1-2-14-5-6-15(9-13-3-7-16(18)8-4-13)17(14,22)10-21-12-19-11-20-21/h3-4,7-8,11-12,14-15,22H,2,5-6,9-10H2,1H3. The van der Waals surface area contributed by atoms with Crippen LogP contribution in [0.3, 0.4) is 0 Å². The molecule has 1 heterocycles. The van der Waals surface area contributed by atoms with Crippen molar-refractivity contribution < 1.29 is 5.11 Å². The molecule has 0 aliphatic heterocycles. The minimum atomic E-state index is -0.699. The highest BCUT2D eigenvalue weighted by atomic mass is 79.9. The van der Waals surface area contributed by atoms with Crippen LogP contribution in [-0.2, 0) is 13.0 Å². The number of rotatable bonds is 5. The maximum atomic E-state index is 11.4. The molecule has 1 saturated carbocycles. The first-order valence-electron chi connectivity index (χ1n) is 7.91. The summed E-state index contributed by atoms with van der Waals surface area (Å²) in [6.45, 7) is 2.70. The lowest BCUT2D eigenvalue weighted by molar-refractivity contribution is -0.0545. The van der Waals surface area contributed by atoms with Gasteiger partial charge in [0, 0.05) is 4.47 Å². The molecule has 5 heteroatoms. The van der Waals surface area contributed by atoms with Gasteiger partial charge in [-0.2, -0.15) is 5.10 Å². The zero-order chi connectivity index (χ0) is 15.6. The number of hydrogen-bond donors (Lipinski definition) is 1. The van der Waals surface area contributed by atoms with Crippen LogP contribution in [0.25, 0.3) is 0 Å². The molecule has 0 amide bonds. The van der Waals surface area contributed by atoms with Crippen LogP contribution in [0, 0.1) is 11.8 Å². The number of halogens is 1. The van der Waals surface area contributed by atoms with Crippen LogP contribution in [-0.4, -0.2) is 25.5 Å². The second-order valence-electron chi connectivity index (χ2n) is 6.29. The summed E-state index contributed by atoms with van der Waals surface area (Å²) in [7, 11) is 0. The quantitative estimate of drug-likeness (QED) is 0.884. The van der Waals surface area contributed by atoms with E-state index in [1.807, 2.05) is 0 Å². The lowest BCUT2D eigenvalue weighted by atomic mass is 9.80. The second kappa shape index (κ2) is 6.50. The molecule has 0 radical (unpaired) electrons. The highest BCUT2D eigenvalue weighted by Gasteiger charge is 2.48. The number of aliphatic hydroxyl groups is 1. The van der Waals surface area contributed by atoms with Gasteiger partial charge in [-0.15, -0.1) is 0 Å². The first-order chi connectivity index (χ1) is 10.6. The Bertz CT molecular complexity index is 599. The van der Waals surface area contributed by atoms with Crippen LogP contribution in [0.2, 0.25) is 0 Å². The smallest absolute Gasteiger partial charge is 0.137 e. The van der Waals surface area contributed by atoms with E-state index in [-0.39, 0.29) is 5.92 Å². The molecule has 0 spiro atoms. The van der Waals surface area contributed by atoms with Crippen molar-refractivity contribution in [2.24, 2.45) is 11.8 Å². The Kier molecular flexibility index (Phi) is 4.64. The molecule has 0 bridgehead atoms. The van der Waals surface area contributed by atoms with Gasteiger partial charge >= 0.3 is 0 Å². The maximum Gasteiger partial charge on any atom is 0.137 e. The molecular formula is C17H22BrN3O. The van der Waals surface area contributed by atoms with Gasteiger partial charge < -0.3 is 5.11 Å². The predicted molar refractivity (Wildman–Crippen MR) is 89.3 cm³/mol. The highest BCUT2D eigenvalue weighted by Crippen LogP contribution is 2.45. The summed E-state index contributed by atoms with van der Waals surface area (Å²) >= 11 is 3.47. The third kappa shape index (κ3) is 3.10. The van der Waals surface area contributed by atoms with E-state index < -0.39 is 5.60 Å². The Balaban J connectivity index is 1.80. The van der Waals surface area contributed by atoms with Crippen LogP contribution >= 0.6 is 15.9 Å². The van der Waals surface area contributed by atoms with E-state index >= 15 is 0 Å². The lowest BCUT2D eigenvalue weighted by Gasteiger charge is -2.35. The largest absolute Gasteiger partial charge is 0.387 e. The van der Waals surface area contributed by atoms with E-state index in [9.17, 15) is 5.11 Å². The minimum Gasteiger partial charge on any atom is -0.387 e. The van der Waals surface area contributed by atoms with Gasteiger partial charge in [-0.3, -0.25) is 4.68 Å². The van der Waals surface area contributed by atoms with Crippen molar-refractivity contribution in [3.05, 3.63) is 47.0 Å². The molecule has 3 atom stereocenters. The van der Waals surface area contributed by atoms with Crippen molar-refractivity contribution in [2.45, 2.75) is 44.8 Å². The van der Waals surface area contributed by atoms with Gasteiger partial charge in [0.05, 0.1) is 12.1 Å². The van der Waals surface area contributed by atoms with Gasteiger partial charge in [-0.1, -0.05) is 41.4 Å². The second-order valence-corrected chi connectivity index (χ2v) is 7.21. The fraction of sp³-hybridized carbons (Fsp3) is 0.529. The molecule has 1 aliphatic carbocycles. The molecule has 22 heavy (non-hydrogen) atoms. The van der Waals surface area contributed by atoms with Crippen LogP contribution in [0.5, 0.6) is 0 Å². The van der Waals surface area contributed by atoms with Gasteiger partial charge in [0.15, 0.2) is 0 Å². The fourth-order valence-corrected chi connectivity index (χ4v) is 4.07. The summed E-state index contributed by atoms with van der Waals surface area (Å²) in [6.07, 6.45) is 7.29. The monoisotopic (exact) mass is 363 g/mol. The van der Waals surface area contributed by atoms with Crippen molar-refractivity contribution in [3.63, 3.8) is 0 Å². The molecule has 1 fully saturated rings. The Hall–Kier alpha value is -1.20. The van der Waals surface area contributed by atoms with Gasteiger partial charge in [0.2, 0.25) is 0 Å². The van der Waals surface area contributed by atoms with Gasteiger partial charge in [0.1, 0.15) is 12.7 Å². The third-order valence-electron chi connectivity index (χ3n) is 5.05. The third-order valence-corrected chi connectivity index (χ3v) is 5.58. The van der Waals surface area contributed by atoms with Gasteiger partial charge in [0.25, 0.3) is 0 Å². The van der Waals surface area contributed by atoms with E-state index in [0.717, 1.165) is 30.2 Å². The molecule has 2 aromatic rings. The molecule has 1 N–H and O–H groups in total. The SMILES string of the molecule is CCC1CCC(Cc2ccc(Br)cc2)C1(O)Cn1cncn1. The Morgan fingerprint density at radius 1 is 1.27 bits per heavy atom. The Morgan fingerprint density at radius 2 is 2.00 bits per heavy atom. The van der Waals surface area contributed by atoms with Crippen LogP contribution in [0.1, 0.15) is 31.7 Å². The molecule has 0 saturated heterocycles. The number of hydrogen-bond acceptors (Lipinski definition) is 3. The zero-order valence-corrected chi connectivity index (χ0v) is 14.4. The minimum absolute atomic E-state index is 0.267. The van der Waals surface area contributed by atoms with Crippen molar-refractivity contribution in [1.29, 1.82) is 0 Å². The first kappa shape index (κ1) is 15.7. The molecule has 3 unspecified atom stereocenters. The molecule has 3 rings (SSSR count).